The van der Waals surface area contributed by atoms with Gasteiger partial charge in [0.25, 0.3) is 0 Å². The van der Waals surface area contributed by atoms with Crippen LogP contribution in [0.15, 0.2) is 30.3 Å². The van der Waals surface area contributed by atoms with E-state index >= 15 is 0 Å². The van der Waals surface area contributed by atoms with Crippen LogP contribution in [0.25, 0.3) is 0 Å². The zero-order valence-corrected chi connectivity index (χ0v) is 11.6. The fraction of sp³-hybridized carbons (Fsp3) is 0.154. The highest BCUT2D eigenvalue weighted by molar-refractivity contribution is 7.16. The molecule has 5 heteroatoms. The van der Waals surface area contributed by atoms with Crippen molar-refractivity contribution in [2.75, 3.05) is 0 Å². The summed E-state index contributed by atoms with van der Waals surface area (Å²) < 4.78 is 14.2. The van der Waals surface area contributed by atoms with E-state index in [2.05, 4.69) is 0 Å². The van der Waals surface area contributed by atoms with E-state index in [-0.39, 0.29) is 23.6 Å². The molecule has 1 aromatic heterocycles. The van der Waals surface area contributed by atoms with Gasteiger partial charge >= 0.3 is 0 Å². The Hall–Kier alpha value is -0.900. The molecule has 1 heterocycles. The van der Waals surface area contributed by atoms with Gasteiger partial charge in [-0.25, -0.2) is 4.39 Å². The van der Waals surface area contributed by atoms with Gasteiger partial charge in [0.15, 0.2) is 0 Å². The second kappa shape index (κ2) is 5.83. The lowest BCUT2D eigenvalue weighted by Gasteiger charge is -2.03. The van der Waals surface area contributed by atoms with Crippen LogP contribution in [-0.2, 0) is 17.6 Å². The fourth-order valence-corrected chi connectivity index (χ4v) is 2.91. The molecule has 0 spiro atoms. The van der Waals surface area contributed by atoms with E-state index in [1.165, 1.54) is 17.4 Å². The van der Waals surface area contributed by atoms with Crippen molar-refractivity contribution in [2.24, 2.45) is 0 Å². The SMILES string of the molecule is O=C(Cc1ccc(Cl)s1)Cc1cccc(Cl)c1F. The van der Waals surface area contributed by atoms with Gasteiger partial charge < -0.3 is 0 Å². The lowest BCUT2D eigenvalue weighted by molar-refractivity contribution is -0.117. The Balaban J connectivity index is 2.05. The largest absolute Gasteiger partial charge is 0.299 e. The Morgan fingerprint density at radius 2 is 1.94 bits per heavy atom. The topological polar surface area (TPSA) is 17.1 Å². The third kappa shape index (κ3) is 3.31. The van der Waals surface area contributed by atoms with Crippen LogP contribution in [0.3, 0.4) is 0 Å². The van der Waals surface area contributed by atoms with Crippen LogP contribution < -0.4 is 0 Å². The molecule has 0 unspecified atom stereocenters. The average molecular weight is 303 g/mol. The predicted molar refractivity (Wildman–Crippen MR) is 73.2 cm³/mol. The van der Waals surface area contributed by atoms with Crippen LogP contribution in [0.1, 0.15) is 10.4 Å². The molecule has 2 aromatic rings. The van der Waals surface area contributed by atoms with Crippen LogP contribution in [0.2, 0.25) is 9.36 Å². The van der Waals surface area contributed by atoms with E-state index in [1.807, 2.05) is 0 Å². The van der Waals surface area contributed by atoms with Crippen molar-refractivity contribution in [1.82, 2.24) is 0 Å². The highest BCUT2D eigenvalue weighted by atomic mass is 35.5. The van der Waals surface area contributed by atoms with Crippen LogP contribution in [0.5, 0.6) is 0 Å². The van der Waals surface area contributed by atoms with Gasteiger partial charge in [-0.2, -0.15) is 0 Å². The summed E-state index contributed by atoms with van der Waals surface area (Å²) in [7, 11) is 0. The van der Waals surface area contributed by atoms with E-state index in [0.717, 1.165) is 4.88 Å². The highest BCUT2D eigenvalue weighted by Crippen LogP contribution is 2.23. The molecule has 1 aromatic carbocycles. The van der Waals surface area contributed by atoms with Crippen molar-refractivity contribution in [2.45, 2.75) is 12.8 Å². The zero-order chi connectivity index (χ0) is 13.1. The second-order valence-electron chi connectivity index (χ2n) is 3.81. The van der Waals surface area contributed by atoms with Gasteiger partial charge in [0.1, 0.15) is 11.6 Å². The van der Waals surface area contributed by atoms with Gasteiger partial charge in [-0.15, -0.1) is 11.3 Å². The summed E-state index contributed by atoms with van der Waals surface area (Å²) in [5, 5.41) is 0.0412. The first-order valence-electron chi connectivity index (χ1n) is 5.25. The molecule has 0 fully saturated rings. The molecular weight excluding hydrogens is 294 g/mol. The van der Waals surface area contributed by atoms with Crippen molar-refractivity contribution >= 4 is 40.3 Å². The predicted octanol–water partition coefficient (Wildman–Crippen LogP) is 4.55. The van der Waals surface area contributed by atoms with Gasteiger partial charge in [-0.05, 0) is 23.8 Å². The molecule has 0 saturated heterocycles. The van der Waals surface area contributed by atoms with Gasteiger partial charge in [-0.3, -0.25) is 4.79 Å². The van der Waals surface area contributed by atoms with Crippen molar-refractivity contribution in [3.05, 3.63) is 55.9 Å². The lowest BCUT2D eigenvalue weighted by atomic mass is 10.1. The fourth-order valence-electron chi connectivity index (χ4n) is 1.60. The molecule has 0 N–H and O–H groups in total. The minimum Gasteiger partial charge on any atom is -0.299 e. The Morgan fingerprint density at radius 3 is 2.61 bits per heavy atom. The average Bonchev–Trinajstić information content (AvgIpc) is 2.70. The molecule has 0 radical (unpaired) electrons. The summed E-state index contributed by atoms with van der Waals surface area (Å²) in [4.78, 5) is 12.7. The van der Waals surface area contributed by atoms with E-state index < -0.39 is 5.82 Å². The van der Waals surface area contributed by atoms with Crippen LogP contribution in [-0.4, -0.2) is 5.78 Å². The first-order chi connectivity index (χ1) is 8.56. The smallest absolute Gasteiger partial charge is 0.145 e. The monoisotopic (exact) mass is 302 g/mol. The Kier molecular flexibility index (Phi) is 4.38. The molecule has 94 valence electrons. The van der Waals surface area contributed by atoms with Gasteiger partial charge in [0, 0.05) is 17.7 Å². The molecule has 0 bridgehead atoms. The summed E-state index contributed by atoms with van der Waals surface area (Å²) in [5.41, 5.74) is 0.329. The Labute approximate surface area is 118 Å². The van der Waals surface area contributed by atoms with Gasteiger partial charge in [0.2, 0.25) is 0 Å². The van der Waals surface area contributed by atoms with E-state index in [4.69, 9.17) is 23.2 Å². The number of hydrogen-bond acceptors (Lipinski definition) is 2. The number of benzene rings is 1. The normalized spacial score (nSPS) is 10.6. The maximum atomic E-state index is 13.6. The van der Waals surface area contributed by atoms with Gasteiger partial charge in [-0.1, -0.05) is 35.3 Å². The maximum Gasteiger partial charge on any atom is 0.145 e. The molecule has 0 aliphatic rings. The van der Waals surface area contributed by atoms with E-state index in [0.29, 0.717) is 9.90 Å². The summed E-state index contributed by atoms with van der Waals surface area (Å²) in [5.74, 6) is -0.577. The van der Waals surface area contributed by atoms with Crippen molar-refractivity contribution in [3.63, 3.8) is 0 Å². The highest BCUT2D eigenvalue weighted by Gasteiger charge is 2.12. The number of rotatable bonds is 4. The number of ketones is 1. The molecule has 0 atom stereocenters. The third-order valence-corrected chi connectivity index (χ3v) is 3.94. The summed E-state index contributed by atoms with van der Waals surface area (Å²) in [6, 6.07) is 8.22. The van der Waals surface area contributed by atoms with Crippen molar-refractivity contribution in [3.8, 4) is 0 Å². The lowest BCUT2D eigenvalue weighted by Crippen LogP contribution is -2.07. The summed E-state index contributed by atoms with van der Waals surface area (Å²) in [6.07, 6.45) is 0.311. The second-order valence-corrected chi connectivity index (χ2v) is 6.02. The number of thiophene rings is 1. The molecule has 1 nitrogen and oxygen atoms in total. The molecular formula is C13H9Cl2FOS. The van der Waals surface area contributed by atoms with E-state index in [9.17, 15) is 9.18 Å². The van der Waals surface area contributed by atoms with Gasteiger partial charge in [0.05, 0.1) is 9.36 Å². The minimum atomic E-state index is -0.517. The first-order valence-corrected chi connectivity index (χ1v) is 6.82. The number of carbonyl (C=O) groups is 1. The summed E-state index contributed by atoms with van der Waals surface area (Å²) in [6.45, 7) is 0. The van der Waals surface area contributed by atoms with Crippen molar-refractivity contribution in [1.29, 1.82) is 0 Å². The number of carbonyl (C=O) groups excluding carboxylic acids is 1. The maximum absolute atomic E-state index is 13.6. The standard InChI is InChI=1S/C13H9Cl2FOS/c14-11-3-1-2-8(13(11)16)6-9(17)7-10-4-5-12(15)18-10/h1-5H,6-7H2. The third-order valence-electron chi connectivity index (χ3n) is 2.42. The number of Topliss-reactive ketones (excluding diaryl/α,β-unsaturated/α-hetero) is 1. The molecule has 0 saturated carbocycles. The summed E-state index contributed by atoms with van der Waals surface area (Å²) >= 11 is 12.8. The molecule has 0 amide bonds. The van der Waals surface area contributed by atoms with Crippen LogP contribution in [0, 0.1) is 5.82 Å². The number of halogens is 3. The van der Waals surface area contributed by atoms with Crippen LogP contribution in [0.4, 0.5) is 4.39 Å². The molecule has 2 rings (SSSR count). The van der Waals surface area contributed by atoms with Crippen LogP contribution >= 0.6 is 34.5 Å². The minimum absolute atomic E-state index is 0.0412. The Bertz CT molecular complexity index is 580. The molecule has 18 heavy (non-hydrogen) atoms. The quantitative estimate of drug-likeness (QED) is 0.810. The zero-order valence-electron chi connectivity index (χ0n) is 9.25. The van der Waals surface area contributed by atoms with E-state index in [1.54, 1.807) is 24.3 Å². The first kappa shape index (κ1) is 13.5. The molecule has 0 aliphatic heterocycles. The van der Waals surface area contributed by atoms with Crippen molar-refractivity contribution < 1.29 is 9.18 Å². The number of hydrogen-bond donors (Lipinski definition) is 0. The Morgan fingerprint density at radius 1 is 1.17 bits per heavy atom. The molecule has 0 aliphatic carbocycles.